The summed E-state index contributed by atoms with van der Waals surface area (Å²) in [5.74, 6) is -0.233. The SMILES string of the molecule is Cc1ccc2c(CNC(=O)c3cccnc3)cc(=O)oc2c1C. The first-order valence-electron chi connectivity index (χ1n) is 7.27. The summed E-state index contributed by atoms with van der Waals surface area (Å²) in [5, 5.41) is 3.64. The Morgan fingerprint density at radius 2 is 2.09 bits per heavy atom. The number of nitrogens with zero attached hydrogens (tertiary/aromatic N) is 1. The molecular weight excluding hydrogens is 292 g/mol. The summed E-state index contributed by atoms with van der Waals surface area (Å²) in [4.78, 5) is 27.8. The molecular formula is C18H16N2O3. The van der Waals surface area contributed by atoms with Gasteiger partial charge in [-0.05, 0) is 42.7 Å². The Morgan fingerprint density at radius 3 is 2.83 bits per heavy atom. The van der Waals surface area contributed by atoms with Crippen molar-refractivity contribution in [1.29, 1.82) is 0 Å². The number of carbonyl (C=O) groups is 1. The van der Waals surface area contributed by atoms with E-state index in [4.69, 9.17) is 4.42 Å². The van der Waals surface area contributed by atoms with Crippen molar-refractivity contribution in [1.82, 2.24) is 10.3 Å². The molecule has 0 aliphatic carbocycles. The highest BCUT2D eigenvalue weighted by atomic mass is 16.4. The van der Waals surface area contributed by atoms with Crippen LogP contribution in [0.2, 0.25) is 0 Å². The van der Waals surface area contributed by atoms with Gasteiger partial charge >= 0.3 is 5.63 Å². The van der Waals surface area contributed by atoms with Crippen molar-refractivity contribution in [2.45, 2.75) is 20.4 Å². The fourth-order valence-corrected chi connectivity index (χ4v) is 2.45. The van der Waals surface area contributed by atoms with Crippen LogP contribution in [0.3, 0.4) is 0 Å². The van der Waals surface area contributed by atoms with E-state index in [0.717, 1.165) is 22.1 Å². The first kappa shape index (κ1) is 15.0. The zero-order chi connectivity index (χ0) is 16.4. The third kappa shape index (κ3) is 2.99. The minimum atomic E-state index is -0.420. The minimum absolute atomic E-state index is 0.233. The second-order valence-corrected chi connectivity index (χ2v) is 5.40. The molecule has 116 valence electrons. The van der Waals surface area contributed by atoms with Crippen LogP contribution in [-0.2, 0) is 6.54 Å². The molecule has 2 aromatic heterocycles. The summed E-state index contributed by atoms with van der Waals surface area (Å²) in [6.07, 6.45) is 3.11. The van der Waals surface area contributed by atoms with Gasteiger partial charge in [-0.1, -0.05) is 12.1 Å². The Hall–Kier alpha value is -2.95. The second-order valence-electron chi connectivity index (χ2n) is 5.40. The molecule has 1 N–H and O–H groups in total. The van der Waals surface area contributed by atoms with Gasteiger partial charge in [-0.3, -0.25) is 9.78 Å². The van der Waals surface area contributed by atoms with E-state index in [1.807, 2.05) is 26.0 Å². The minimum Gasteiger partial charge on any atom is -0.422 e. The van der Waals surface area contributed by atoms with Crippen molar-refractivity contribution in [3.8, 4) is 0 Å². The Morgan fingerprint density at radius 1 is 1.26 bits per heavy atom. The molecule has 0 aliphatic rings. The number of benzene rings is 1. The molecule has 0 bridgehead atoms. The molecule has 0 saturated carbocycles. The topological polar surface area (TPSA) is 72.2 Å². The normalized spacial score (nSPS) is 10.7. The predicted molar refractivity (Wildman–Crippen MR) is 87.4 cm³/mol. The molecule has 5 heteroatoms. The van der Waals surface area contributed by atoms with Crippen LogP contribution >= 0.6 is 0 Å². The Kier molecular flexibility index (Phi) is 3.93. The Bertz CT molecular complexity index is 930. The van der Waals surface area contributed by atoms with Crippen molar-refractivity contribution in [3.05, 3.63) is 75.4 Å². The van der Waals surface area contributed by atoms with E-state index in [0.29, 0.717) is 11.1 Å². The predicted octanol–water partition coefficient (Wildman–Crippen LogP) is 2.73. The van der Waals surface area contributed by atoms with E-state index in [-0.39, 0.29) is 12.5 Å². The average molecular weight is 308 g/mol. The molecule has 1 amide bonds. The molecule has 0 spiro atoms. The number of aromatic nitrogens is 1. The maximum atomic E-state index is 12.1. The highest BCUT2D eigenvalue weighted by Gasteiger charge is 2.11. The lowest BCUT2D eigenvalue weighted by Crippen LogP contribution is -2.23. The largest absolute Gasteiger partial charge is 0.422 e. The average Bonchev–Trinajstić information content (AvgIpc) is 2.57. The van der Waals surface area contributed by atoms with Crippen molar-refractivity contribution in [2.75, 3.05) is 0 Å². The van der Waals surface area contributed by atoms with Crippen molar-refractivity contribution >= 4 is 16.9 Å². The van der Waals surface area contributed by atoms with E-state index >= 15 is 0 Å². The van der Waals surface area contributed by atoms with Crippen LogP contribution < -0.4 is 10.9 Å². The summed E-state index contributed by atoms with van der Waals surface area (Å²) >= 11 is 0. The number of pyridine rings is 1. The highest BCUT2D eigenvalue weighted by Crippen LogP contribution is 2.23. The van der Waals surface area contributed by atoms with Gasteiger partial charge in [0.05, 0.1) is 5.56 Å². The molecule has 1 aromatic carbocycles. The Labute approximate surface area is 133 Å². The van der Waals surface area contributed by atoms with Gasteiger partial charge in [0, 0.05) is 30.4 Å². The van der Waals surface area contributed by atoms with Crippen LogP contribution in [0.4, 0.5) is 0 Å². The summed E-state index contributed by atoms with van der Waals surface area (Å²) in [6.45, 7) is 4.13. The lowest BCUT2D eigenvalue weighted by Gasteiger charge is -2.10. The quantitative estimate of drug-likeness (QED) is 0.755. The summed E-state index contributed by atoms with van der Waals surface area (Å²) < 4.78 is 5.33. The van der Waals surface area contributed by atoms with Gasteiger partial charge in [-0.2, -0.15) is 0 Å². The lowest BCUT2D eigenvalue weighted by molar-refractivity contribution is 0.0950. The maximum absolute atomic E-state index is 12.1. The first-order chi connectivity index (χ1) is 11.1. The molecule has 3 rings (SSSR count). The fraction of sp³-hybridized carbons (Fsp3) is 0.167. The third-order valence-corrected chi connectivity index (χ3v) is 3.88. The van der Waals surface area contributed by atoms with E-state index in [1.54, 1.807) is 18.3 Å². The molecule has 0 fully saturated rings. The van der Waals surface area contributed by atoms with E-state index < -0.39 is 5.63 Å². The van der Waals surface area contributed by atoms with Gasteiger partial charge in [0.25, 0.3) is 5.91 Å². The number of hydrogen-bond acceptors (Lipinski definition) is 4. The lowest BCUT2D eigenvalue weighted by atomic mass is 10.0. The van der Waals surface area contributed by atoms with Crippen LogP contribution in [0.1, 0.15) is 27.0 Å². The molecule has 23 heavy (non-hydrogen) atoms. The molecule has 0 unspecified atom stereocenters. The van der Waals surface area contributed by atoms with E-state index in [2.05, 4.69) is 10.3 Å². The number of rotatable bonds is 3. The molecule has 2 heterocycles. The van der Waals surface area contributed by atoms with Crippen molar-refractivity contribution in [3.63, 3.8) is 0 Å². The van der Waals surface area contributed by atoms with Crippen molar-refractivity contribution < 1.29 is 9.21 Å². The number of amides is 1. The van der Waals surface area contributed by atoms with Crippen LogP contribution in [-0.4, -0.2) is 10.9 Å². The maximum Gasteiger partial charge on any atom is 0.336 e. The molecule has 0 atom stereocenters. The first-order valence-corrected chi connectivity index (χ1v) is 7.27. The molecule has 3 aromatic rings. The van der Waals surface area contributed by atoms with Gasteiger partial charge in [-0.25, -0.2) is 4.79 Å². The molecule has 0 radical (unpaired) electrons. The number of carbonyl (C=O) groups excluding carboxylic acids is 1. The number of fused-ring (bicyclic) bond motifs is 1. The zero-order valence-electron chi connectivity index (χ0n) is 12.9. The molecule has 5 nitrogen and oxygen atoms in total. The smallest absolute Gasteiger partial charge is 0.336 e. The molecule has 0 saturated heterocycles. The van der Waals surface area contributed by atoms with Gasteiger partial charge < -0.3 is 9.73 Å². The van der Waals surface area contributed by atoms with Gasteiger partial charge in [0.15, 0.2) is 0 Å². The van der Waals surface area contributed by atoms with Gasteiger partial charge in [-0.15, -0.1) is 0 Å². The summed E-state index contributed by atoms with van der Waals surface area (Å²) in [7, 11) is 0. The van der Waals surface area contributed by atoms with Crippen LogP contribution in [0, 0.1) is 13.8 Å². The second kappa shape index (κ2) is 6.04. The highest BCUT2D eigenvalue weighted by molar-refractivity contribution is 5.94. The molecule has 0 aliphatic heterocycles. The number of aryl methyl sites for hydroxylation is 2. The Balaban J connectivity index is 1.93. The number of hydrogen-bond donors (Lipinski definition) is 1. The van der Waals surface area contributed by atoms with Crippen molar-refractivity contribution in [2.24, 2.45) is 0 Å². The monoisotopic (exact) mass is 308 g/mol. The van der Waals surface area contributed by atoms with E-state index in [9.17, 15) is 9.59 Å². The third-order valence-electron chi connectivity index (χ3n) is 3.88. The van der Waals surface area contributed by atoms with Crippen LogP contribution in [0.5, 0.6) is 0 Å². The summed E-state index contributed by atoms with van der Waals surface area (Å²) in [5.41, 5.74) is 3.35. The van der Waals surface area contributed by atoms with Gasteiger partial charge in [0.2, 0.25) is 0 Å². The fourth-order valence-electron chi connectivity index (χ4n) is 2.45. The van der Waals surface area contributed by atoms with E-state index in [1.165, 1.54) is 12.3 Å². The summed E-state index contributed by atoms with van der Waals surface area (Å²) in [6, 6.07) is 8.69. The van der Waals surface area contributed by atoms with Gasteiger partial charge in [0.1, 0.15) is 5.58 Å². The standard InChI is InChI=1S/C18H16N2O3/c1-11-5-6-15-14(8-16(21)23-17(15)12(11)2)10-20-18(22)13-4-3-7-19-9-13/h3-9H,10H2,1-2H3,(H,20,22). The number of nitrogens with one attached hydrogen (secondary N) is 1. The zero-order valence-corrected chi connectivity index (χ0v) is 12.9. The van der Waals surface area contributed by atoms with Crippen LogP contribution in [0.15, 0.2) is 51.9 Å². The van der Waals surface area contributed by atoms with Crippen LogP contribution in [0.25, 0.3) is 11.0 Å².